The summed E-state index contributed by atoms with van der Waals surface area (Å²) in [5.74, 6) is -1.93. The molecule has 0 bridgehead atoms. The van der Waals surface area contributed by atoms with E-state index in [4.69, 9.17) is 0 Å². The lowest BCUT2D eigenvalue weighted by molar-refractivity contribution is -0.297. The van der Waals surface area contributed by atoms with E-state index in [0.717, 1.165) is 17.5 Å². The molecule has 1 amide bonds. The molecule has 5 nitrogen and oxygen atoms in total. The van der Waals surface area contributed by atoms with Crippen molar-refractivity contribution in [3.8, 4) is 0 Å². The number of nitrogens with one attached hydrogen (secondary N) is 2. The molecule has 21 heavy (non-hydrogen) atoms. The Morgan fingerprint density at radius 1 is 0.810 bits per heavy atom. The summed E-state index contributed by atoms with van der Waals surface area (Å²) in [4.78, 5) is 21.6. The van der Waals surface area contributed by atoms with Crippen LogP contribution in [0.4, 0.5) is 17.1 Å². The highest BCUT2D eigenvalue weighted by molar-refractivity contribution is 6.02. The summed E-state index contributed by atoms with van der Waals surface area (Å²) in [5, 5.41) is 15.9. The maximum atomic E-state index is 11.4. The van der Waals surface area contributed by atoms with E-state index in [9.17, 15) is 14.7 Å². The number of para-hydroxylation sites is 1. The summed E-state index contributed by atoms with van der Waals surface area (Å²) >= 11 is 0. The molecular weight excluding hydrogens is 268 g/mol. The molecule has 0 aliphatic rings. The van der Waals surface area contributed by atoms with Crippen LogP contribution in [0.15, 0.2) is 66.7 Å². The van der Waals surface area contributed by atoms with Gasteiger partial charge in [0.25, 0.3) is 0 Å². The first-order valence-electron chi connectivity index (χ1n) is 6.26. The molecule has 0 saturated heterocycles. The van der Waals surface area contributed by atoms with Crippen molar-refractivity contribution in [2.24, 2.45) is 0 Å². The maximum absolute atomic E-state index is 11.4. The lowest BCUT2D eigenvalue weighted by Gasteiger charge is -2.07. The van der Waals surface area contributed by atoms with E-state index in [1.165, 1.54) is 0 Å². The topological polar surface area (TPSA) is 81.3 Å². The van der Waals surface area contributed by atoms with E-state index in [1.807, 2.05) is 42.5 Å². The van der Waals surface area contributed by atoms with Crippen LogP contribution in [-0.4, -0.2) is 11.9 Å². The molecule has 106 valence electrons. The van der Waals surface area contributed by atoms with E-state index in [0.29, 0.717) is 11.8 Å². The second-order valence-corrected chi connectivity index (χ2v) is 4.21. The molecule has 0 radical (unpaired) electrons. The fourth-order valence-electron chi connectivity index (χ4n) is 1.65. The Morgan fingerprint density at radius 2 is 1.38 bits per heavy atom. The number of carboxylic acid groups (broad SMARTS) is 1. The van der Waals surface area contributed by atoms with Crippen molar-refractivity contribution in [3.05, 3.63) is 66.7 Å². The van der Waals surface area contributed by atoms with Crippen molar-refractivity contribution in [2.45, 2.75) is 0 Å². The van der Waals surface area contributed by atoms with Gasteiger partial charge in [0.15, 0.2) is 0 Å². The maximum Gasteiger partial charge on any atom is 0.248 e. The Morgan fingerprint density at radius 3 is 2.00 bits per heavy atom. The zero-order valence-corrected chi connectivity index (χ0v) is 11.1. The molecule has 0 aliphatic carbocycles. The van der Waals surface area contributed by atoms with Gasteiger partial charge in [-0.3, -0.25) is 4.79 Å². The molecule has 0 heterocycles. The molecule has 0 aliphatic heterocycles. The lowest BCUT2D eigenvalue weighted by atomic mass is 10.2. The summed E-state index contributed by atoms with van der Waals surface area (Å²) in [7, 11) is 0. The highest BCUT2D eigenvalue weighted by atomic mass is 16.4. The Hall–Kier alpha value is -3.08. The van der Waals surface area contributed by atoms with Crippen molar-refractivity contribution in [3.63, 3.8) is 0 Å². The van der Waals surface area contributed by atoms with Crippen molar-refractivity contribution in [1.82, 2.24) is 0 Å². The Balaban J connectivity index is 1.96. The van der Waals surface area contributed by atoms with Crippen molar-refractivity contribution in [2.75, 3.05) is 10.6 Å². The van der Waals surface area contributed by atoms with Crippen LogP contribution < -0.4 is 15.7 Å². The molecule has 5 heteroatoms. The standard InChI is InChI=1S/C16H14N2O3/c19-15(10-11-16(20)21)18-14-8-6-13(7-9-14)17-12-4-2-1-3-5-12/h1-11,17H,(H,18,19)(H,20,21)/p-1/b11-10-. The van der Waals surface area contributed by atoms with Crippen LogP contribution >= 0.6 is 0 Å². The molecular formula is C16H13N2O3-. The van der Waals surface area contributed by atoms with E-state index in [1.54, 1.807) is 12.1 Å². The summed E-state index contributed by atoms with van der Waals surface area (Å²) in [6.45, 7) is 0. The second kappa shape index (κ2) is 6.91. The SMILES string of the molecule is O=C([O-])/C=C\C(=O)Nc1ccc(Nc2ccccc2)cc1. The monoisotopic (exact) mass is 281 g/mol. The van der Waals surface area contributed by atoms with Gasteiger partial charge in [-0.1, -0.05) is 18.2 Å². The molecule has 0 spiro atoms. The third kappa shape index (κ3) is 4.83. The minimum atomic E-state index is -1.41. The zero-order chi connectivity index (χ0) is 15.1. The first-order valence-corrected chi connectivity index (χ1v) is 6.26. The number of amides is 1. The first-order chi connectivity index (χ1) is 10.1. The molecule has 2 rings (SSSR count). The molecule has 0 atom stereocenters. The number of carbonyl (C=O) groups is 2. The smallest absolute Gasteiger partial charge is 0.248 e. The molecule has 2 aromatic rings. The molecule has 0 aromatic heterocycles. The van der Waals surface area contributed by atoms with Crippen LogP contribution in [0.5, 0.6) is 0 Å². The summed E-state index contributed by atoms with van der Waals surface area (Å²) in [5.41, 5.74) is 2.41. The first kappa shape index (κ1) is 14.3. The van der Waals surface area contributed by atoms with Gasteiger partial charge >= 0.3 is 0 Å². The van der Waals surface area contributed by atoms with Crippen LogP contribution in [-0.2, 0) is 9.59 Å². The zero-order valence-electron chi connectivity index (χ0n) is 11.1. The third-order valence-corrected chi connectivity index (χ3v) is 2.59. The average Bonchev–Trinajstić information content (AvgIpc) is 2.48. The average molecular weight is 281 g/mol. The molecule has 2 aromatic carbocycles. The number of aliphatic carboxylic acids is 1. The van der Waals surface area contributed by atoms with E-state index in [2.05, 4.69) is 10.6 Å². The van der Waals surface area contributed by atoms with Gasteiger partial charge in [0.1, 0.15) is 0 Å². The van der Waals surface area contributed by atoms with Crippen LogP contribution in [0, 0.1) is 0 Å². The van der Waals surface area contributed by atoms with Crippen LogP contribution in [0.2, 0.25) is 0 Å². The number of benzene rings is 2. The summed E-state index contributed by atoms with van der Waals surface area (Å²) in [6, 6.07) is 16.7. The number of rotatable bonds is 5. The Kier molecular flexibility index (Phi) is 4.71. The quantitative estimate of drug-likeness (QED) is 0.817. The normalized spacial score (nSPS) is 10.3. The molecule has 0 unspecified atom stereocenters. The van der Waals surface area contributed by atoms with E-state index >= 15 is 0 Å². The molecule has 0 saturated carbocycles. The molecule has 0 fully saturated rings. The number of hydrogen-bond donors (Lipinski definition) is 2. The Labute approximate surface area is 121 Å². The molecule has 2 N–H and O–H groups in total. The number of hydrogen-bond acceptors (Lipinski definition) is 4. The minimum absolute atomic E-state index is 0.525. The van der Waals surface area contributed by atoms with Gasteiger partial charge in [-0.2, -0.15) is 0 Å². The van der Waals surface area contributed by atoms with E-state index < -0.39 is 11.9 Å². The van der Waals surface area contributed by atoms with Crippen molar-refractivity contribution < 1.29 is 14.7 Å². The van der Waals surface area contributed by atoms with Crippen molar-refractivity contribution >= 4 is 28.9 Å². The highest BCUT2D eigenvalue weighted by Gasteiger charge is 1.98. The fraction of sp³-hybridized carbons (Fsp3) is 0. The minimum Gasteiger partial charge on any atom is -0.545 e. The number of carbonyl (C=O) groups excluding carboxylic acids is 2. The lowest BCUT2D eigenvalue weighted by Crippen LogP contribution is -2.20. The third-order valence-electron chi connectivity index (χ3n) is 2.59. The van der Waals surface area contributed by atoms with Gasteiger partial charge in [0.05, 0.1) is 5.97 Å². The predicted octanol–water partition coefficient (Wildman–Crippen LogP) is 1.67. The highest BCUT2D eigenvalue weighted by Crippen LogP contribution is 2.18. The van der Waals surface area contributed by atoms with Gasteiger partial charge in [-0.05, 0) is 42.5 Å². The van der Waals surface area contributed by atoms with Gasteiger partial charge in [0.2, 0.25) is 5.91 Å². The number of anilines is 3. The number of carboxylic acids is 1. The van der Waals surface area contributed by atoms with Crippen LogP contribution in [0.25, 0.3) is 0 Å². The van der Waals surface area contributed by atoms with Gasteiger partial charge in [-0.25, -0.2) is 0 Å². The van der Waals surface area contributed by atoms with Gasteiger partial charge in [-0.15, -0.1) is 0 Å². The van der Waals surface area contributed by atoms with Gasteiger partial charge in [0, 0.05) is 23.1 Å². The second-order valence-electron chi connectivity index (χ2n) is 4.21. The largest absolute Gasteiger partial charge is 0.545 e. The van der Waals surface area contributed by atoms with Crippen LogP contribution in [0.1, 0.15) is 0 Å². The van der Waals surface area contributed by atoms with E-state index in [-0.39, 0.29) is 0 Å². The fourth-order valence-corrected chi connectivity index (χ4v) is 1.65. The summed E-state index contributed by atoms with van der Waals surface area (Å²) in [6.07, 6.45) is 1.59. The van der Waals surface area contributed by atoms with Crippen LogP contribution in [0.3, 0.4) is 0 Å². The summed E-state index contributed by atoms with van der Waals surface area (Å²) < 4.78 is 0. The van der Waals surface area contributed by atoms with Gasteiger partial charge < -0.3 is 20.5 Å². The predicted molar refractivity (Wildman–Crippen MR) is 78.9 cm³/mol. The van der Waals surface area contributed by atoms with Crippen molar-refractivity contribution in [1.29, 1.82) is 0 Å². The Bertz CT molecular complexity index is 649.